The molecule has 18 heavy (non-hydrogen) atoms. The molecule has 0 aliphatic rings. The highest BCUT2D eigenvalue weighted by molar-refractivity contribution is 5.15. The Morgan fingerprint density at radius 2 is 2.28 bits per heavy atom. The number of nitrogens with zero attached hydrogens (tertiary/aromatic N) is 2. The SMILES string of the molecule is CCC(N)Cc1cccn1Cc1cncc(F)c1. The van der Waals surface area contributed by atoms with Crippen LogP contribution in [0.2, 0.25) is 0 Å². The van der Waals surface area contributed by atoms with Crippen LogP contribution >= 0.6 is 0 Å². The van der Waals surface area contributed by atoms with Crippen molar-refractivity contribution in [2.75, 3.05) is 0 Å². The fourth-order valence-electron chi connectivity index (χ4n) is 1.94. The lowest BCUT2D eigenvalue weighted by Gasteiger charge is -2.12. The molecule has 0 aromatic carbocycles. The van der Waals surface area contributed by atoms with Crippen LogP contribution in [0, 0.1) is 5.82 Å². The third-order valence-corrected chi connectivity index (χ3v) is 3.03. The zero-order valence-corrected chi connectivity index (χ0v) is 10.5. The highest BCUT2D eigenvalue weighted by Gasteiger charge is 2.07. The Morgan fingerprint density at radius 1 is 1.44 bits per heavy atom. The summed E-state index contributed by atoms with van der Waals surface area (Å²) >= 11 is 0. The zero-order valence-electron chi connectivity index (χ0n) is 10.5. The highest BCUT2D eigenvalue weighted by atomic mass is 19.1. The lowest BCUT2D eigenvalue weighted by atomic mass is 10.1. The molecular formula is C14H18FN3. The van der Waals surface area contributed by atoms with E-state index in [-0.39, 0.29) is 11.9 Å². The quantitative estimate of drug-likeness (QED) is 0.881. The molecule has 0 saturated heterocycles. The zero-order chi connectivity index (χ0) is 13.0. The fourth-order valence-corrected chi connectivity index (χ4v) is 1.94. The van der Waals surface area contributed by atoms with E-state index in [1.165, 1.54) is 18.0 Å². The van der Waals surface area contributed by atoms with Crippen molar-refractivity contribution in [3.63, 3.8) is 0 Å². The number of halogens is 1. The van der Waals surface area contributed by atoms with E-state index in [0.717, 1.165) is 18.4 Å². The summed E-state index contributed by atoms with van der Waals surface area (Å²) in [5, 5.41) is 0. The molecule has 4 heteroatoms. The van der Waals surface area contributed by atoms with Crippen molar-refractivity contribution in [2.45, 2.75) is 32.4 Å². The average molecular weight is 247 g/mol. The molecule has 0 aliphatic carbocycles. The van der Waals surface area contributed by atoms with Crippen molar-refractivity contribution >= 4 is 0 Å². The van der Waals surface area contributed by atoms with Gasteiger partial charge < -0.3 is 10.3 Å². The van der Waals surface area contributed by atoms with Crippen molar-refractivity contribution in [1.82, 2.24) is 9.55 Å². The molecule has 1 unspecified atom stereocenters. The largest absolute Gasteiger partial charge is 0.347 e. The molecule has 0 amide bonds. The minimum absolute atomic E-state index is 0.171. The Morgan fingerprint density at radius 3 is 3.00 bits per heavy atom. The van der Waals surface area contributed by atoms with Gasteiger partial charge in [0.15, 0.2) is 0 Å². The van der Waals surface area contributed by atoms with Gasteiger partial charge in [-0.3, -0.25) is 4.98 Å². The number of pyridine rings is 1. The second-order valence-electron chi connectivity index (χ2n) is 4.51. The Labute approximate surface area is 106 Å². The molecule has 0 aliphatic heterocycles. The standard InChI is InChI=1S/C14H18FN3/c1-2-13(16)7-14-4-3-5-18(14)10-11-6-12(15)9-17-8-11/h3-6,8-9,13H,2,7,10,16H2,1H3. The predicted molar refractivity (Wildman–Crippen MR) is 69.7 cm³/mol. The second-order valence-corrected chi connectivity index (χ2v) is 4.51. The van der Waals surface area contributed by atoms with E-state index in [2.05, 4.69) is 22.5 Å². The first kappa shape index (κ1) is 12.8. The average Bonchev–Trinajstić information content (AvgIpc) is 2.76. The molecule has 96 valence electrons. The molecule has 2 aromatic heterocycles. The lowest BCUT2D eigenvalue weighted by molar-refractivity contribution is 0.601. The van der Waals surface area contributed by atoms with E-state index < -0.39 is 0 Å². The van der Waals surface area contributed by atoms with Crippen molar-refractivity contribution in [3.05, 3.63) is 53.9 Å². The maximum atomic E-state index is 13.1. The van der Waals surface area contributed by atoms with Crippen LogP contribution in [0.15, 0.2) is 36.8 Å². The molecule has 2 heterocycles. The highest BCUT2D eigenvalue weighted by Crippen LogP contribution is 2.10. The van der Waals surface area contributed by atoms with Gasteiger partial charge in [0, 0.05) is 37.1 Å². The summed E-state index contributed by atoms with van der Waals surface area (Å²) in [6, 6.07) is 5.73. The van der Waals surface area contributed by atoms with Gasteiger partial charge in [-0.15, -0.1) is 0 Å². The summed E-state index contributed by atoms with van der Waals surface area (Å²) in [4.78, 5) is 3.86. The molecule has 1 atom stereocenters. The minimum Gasteiger partial charge on any atom is -0.347 e. The van der Waals surface area contributed by atoms with Crippen LogP contribution in [0.4, 0.5) is 4.39 Å². The maximum Gasteiger partial charge on any atom is 0.141 e. The number of hydrogen-bond donors (Lipinski definition) is 1. The third kappa shape index (κ3) is 3.17. The first-order valence-corrected chi connectivity index (χ1v) is 6.18. The van der Waals surface area contributed by atoms with Crippen molar-refractivity contribution in [1.29, 1.82) is 0 Å². The van der Waals surface area contributed by atoms with Crippen LogP contribution in [-0.2, 0) is 13.0 Å². The molecule has 3 nitrogen and oxygen atoms in total. The summed E-state index contributed by atoms with van der Waals surface area (Å²) in [6.07, 6.45) is 6.68. The van der Waals surface area contributed by atoms with Crippen LogP contribution in [0.5, 0.6) is 0 Å². The molecule has 2 aromatic rings. The fraction of sp³-hybridized carbons (Fsp3) is 0.357. The van der Waals surface area contributed by atoms with E-state index in [0.29, 0.717) is 6.54 Å². The summed E-state index contributed by atoms with van der Waals surface area (Å²) in [5.41, 5.74) is 8.00. The van der Waals surface area contributed by atoms with Gasteiger partial charge in [0.05, 0.1) is 6.20 Å². The normalized spacial score (nSPS) is 12.6. The van der Waals surface area contributed by atoms with E-state index in [1.54, 1.807) is 6.20 Å². The van der Waals surface area contributed by atoms with Gasteiger partial charge >= 0.3 is 0 Å². The first-order valence-electron chi connectivity index (χ1n) is 6.18. The minimum atomic E-state index is -0.300. The summed E-state index contributed by atoms with van der Waals surface area (Å²) < 4.78 is 15.2. The summed E-state index contributed by atoms with van der Waals surface area (Å²) in [7, 11) is 0. The van der Waals surface area contributed by atoms with Gasteiger partial charge in [0.2, 0.25) is 0 Å². The molecule has 0 fully saturated rings. The molecule has 0 bridgehead atoms. The van der Waals surface area contributed by atoms with Crippen LogP contribution in [-0.4, -0.2) is 15.6 Å². The van der Waals surface area contributed by atoms with Crippen molar-refractivity contribution < 1.29 is 4.39 Å². The molecule has 0 saturated carbocycles. The van der Waals surface area contributed by atoms with E-state index in [4.69, 9.17) is 5.73 Å². The second kappa shape index (κ2) is 5.78. The van der Waals surface area contributed by atoms with Gasteiger partial charge in [-0.05, 0) is 30.2 Å². The van der Waals surface area contributed by atoms with Gasteiger partial charge in [-0.1, -0.05) is 6.92 Å². The van der Waals surface area contributed by atoms with Crippen molar-refractivity contribution in [2.24, 2.45) is 5.73 Å². The van der Waals surface area contributed by atoms with Crippen LogP contribution in [0.25, 0.3) is 0 Å². The van der Waals surface area contributed by atoms with Gasteiger partial charge in [-0.2, -0.15) is 0 Å². The lowest BCUT2D eigenvalue weighted by Crippen LogP contribution is -2.23. The molecular weight excluding hydrogens is 229 g/mol. The smallest absolute Gasteiger partial charge is 0.141 e. The summed E-state index contributed by atoms with van der Waals surface area (Å²) in [6.45, 7) is 2.71. The maximum absolute atomic E-state index is 13.1. The Kier molecular flexibility index (Phi) is 4.10. The molecule has 2 N–H and O–H groups in total. The van der Waals surface area contributed by atoms with Gasteiger partial charge in [0.25, 0.3) is 0 Å². The van der Waals surface area contributed by atoms with Crippen LogP contribution < -0.4 is 5.73 Å². The molecule has 0 spiro atoms. The van der Waals surface area contributed by atoms with Gasteiger partial charge in [0.1, 0.15) is 5.82 Å². The first-order chi connectivity index (χ1) is 8.69. The number of rotatable bonds is 5. The van der Waals surface area contributed by atoms with Crippen molar-refractivity contribution in [3.8, 4) is 0 Å². The topological polar surface area (TPSA) is 43.8 Å². The Bertz CT molecular complexity index is 507. The third-order valence-electron chi connectivity index (χ3n) is 3.03. The monoisotopic (exact) mass is 247 g/mol. The Hall–Kier alpha value is -1.68. The molecule has 0 radical (unpaired) electrons. The van der Waals surface area contributed by atoms with Crippen LogP contribution in [0.1, 0.15) is 24.6 Å². The number of aromatic nitrogens is 2. The predicted octanol–water partition coefficient (Wildman–Crippen LogP) is 2.35. The summed E-state index contributed by atoms with van der Waals surface area (Å²) in [5.74, 6) is -0.300. The van der Waals surface area contributed by atoms with Gasteiger partial charge in [-0.25, -0.2) is 4.39 Å². The van der Waals surface area contributed by atoms with E-state index >= 15 is 0 Å². The van der Waals surface area contributed by atoms with Crippen LogP contribution in [0.3, 0.4) is 0 Å². The Balaban J connectivity index is 2.12. The number of nitrogens with two attached hydrogens (primary N) is 1. The van der Waals surface area contributed by atoms with E-state index in [1.807, 2.05) is 12.3 Å². The van der Waals surface area contributed by atoms with E-state index in [9.17, 15) is 4.39 Å². The molecule has 2 rings (SSSR count). The number of hydrogen-bond acceptors (Lipinski definition) is 2.